The van der Waals surface area contributed by atoms with Crippen LogP contribution < -0.4 is 5.32 Å². The van der Waals surface area contributed by atoms with E-state index in [9.17, 15) is 9.59 Å². The largest absolute Gasteiger partial charge is 0.352 e. The maximum absolute atomic E-state index is 12.9. The van der Waals surface area contributed by atoms with Gasteiger partial charge in [0.2, 0.25) is 11.8 Å². The lowest BCUT2D eigenvalue weighted by Crippen LogP contribution is -2.60. The van der Waals surface area contributed by atoms with E-state index in [0.717, 1.165) is 0 Å². The van der Waals surface area contributed by atoms with Crippen LogP contribution in [0.5, 0.6) is 0 Å². The molecule has 1 aromatic carbocycles. The van der Waals surface area contributed by atoms with Gasteiger partial charge in [0, 0.05) is 31.5 Å². The fraction of sp³-hybridized carbons (Fsp3) is 0.545. The lowest BCUT2D eigenvalue weighted by Gasteiger charge is -2.55. The number of carbonyl (C=O) groups excluding carboxylic acids is 2. The molecule has 138 valence electrons. The molecule has 1 aliphatic heterocycles. The highest BCUT2D eigenvalue weighted by Gasteiger charge is 2.52. The summed E-state index contributed by atoms with van der Waals surface area (Å²) in [6.07, 6.45) is 7.11. The summed E-state index contributed by atoms with van der Waals surface area (Å²) in [5.74, 6) is 1.61. The van der Waals surface area contributed by atoms with Crippen molar-refractivity contribution in [2.24, 2.45) is 17.8 Å². The van der Waals surface area contributed by atoms with E-state index >= 15 is 0 Å². The van der Waals surface area contributed by atoms with Crippen molar-refractivity contribution in [3.05, 3.63) is 48.6 Å². The van der Waals surface area contributed by atoms with Gasteiger partial charge in [0.15, 0.2) is 0 Å². The number of rotatable bonds is 5. The van der Waals surface area contributed by atoms with Gasteiger partial charge in [0.05, 0.1) is 5.92 Å². The van der Waals surface area contributed by atoms with Gasteiger partial charge in [-0.05, 0) is 30.2 Å². The molecule has 3 fully saturated rings. The molecule has 2 saturated carbocycles. The van der Waals surface area contributed by atoms with Crippen molar-refractivity contribution in [3.63, 3.8) is 0 Å². The third-order valence-electron chi connectivity index (χ3n) is 6.61. The van der Waals surface area contributed by atoms with Crippen molar-refractivity contribution >= 4 is 11.8 Å². The summed E-state index contributed by atoms with van der Waals surface area (Å²) < 4.78 is 0. The molecule has 0 aromatic heterocycles. The molecule has 2 amide bonds. The number of nitrogens with zero attached hydrogens (tertiary/aromatic N) is 1. The number of likely N-dealkylation sites (tertiary alicyclic amines) is 1. The predicted octanol–water partition coefficient (Wildman–Crippen LogP) is 3.11. The van der Waals surface area contributed by atoms with Crippen LogP contribution in [0.4, 0.5) is 0 Å². The molecule has 0 radical (unpaired) electrons. The van der Waals surface area contributed by atoms with Gasteiger partial charge in [-0.25, -0.2) is 0 Å². The average Bonchev–Trinajstić information content (AvgIpc) is 3.02. The van der Waals surface area contributed by atoms with Gasteiger partial charge in [-0.3, -0.25) is 9.59 Å². The van der Waals surface area contributed by atoms with Crippen molar-refractivity contribution < 1.29 is 9.59 Å². The maximum Gasteiger partial charge on any atom is 0.225 e. The molecule has 3 aliphatic rings. The van der Waals surface area contributed by atoms with E-state index in [4.69, 9.17) is 0 Å². The van der Waals surface area contributed by atoms with E-state index in [-0.39, 0.29) is 23.8 Å². The number of carbonyl (C=O) groups is 2. The van der Waals surface area contributed by atoms with Gasteiger partial charge in [0.1, 0.15) is 0 Å². The molecule has 5 atom stereocenters. The average molecular weight is 352 g/mol. The van der Waals surface area contributed by atoms with Crippen LogP contribution in [0.15, 0.2) is 43.0 Å². The minimum Gasteiger partial charge on any atom is -0.352 e. The topological polar surface area (TPSA) is 49.4 Å². The predicted molar refractivity (Wildman–Crippen MR) is 101 cm³/mol. The standard InChI is InChI=1S/C22H28N2O2/c1-2-12-24-14-16(13-19(24)25)22(26)23-21-18-11-7-6-10-17(18)20(21)15-8-4-3-5-9-15/h2-5,8-9,16-18,20-21H,1,6-7,10-14H2,(H,23,26)/t16?,17?,18?,20-,21-/m1/s1. The van der Waals surface area contributed by atoms with Crippen LogP contribution in [-0.2, 0) is 9.59 Å². The third kappa shape index (κ3) is 3.06. The van der Waals surface area contributed by atoms with Crippen LogP contribution >= 0.6 is 0 Å². The lowest BCUT2D eigenvalue weighted by atomic mass is 9.53. The second-order valence-corrected chi connectivity index (χ2v) is 8.07. The number of hydrogen-bond acceptors (Lipinski definition) is 2. The molecular weight excluding hydrogens is 324 g/mol. The molecule has 3 unspecified atom stereocenters. The smallest absolute Gasteiger partial charge is 0.225 e. The van der Waals surface area contributed by atoms with Gasteiger partial charge < -0.3 is 10.2 Å². The fourth-order valence-electron chi connectivity index (χ4n) is 5.36. The van der Waals surface area contributed by atoms with E-state index in [1.54, 1.807) is 11.0 Å². The SMILES string of the molecule is C=CCN1CC(C(=O)N[C@@H]2C3CCCCC3[C@H]2c2ccccc2)CC1=O. The molecule has 1 saturated heterocycles. The van der Waals surface area contributed by atoms with E-state index in [0.29, 0.717) is 37.3 Å². The lowest BCUT2D eigenvalue weighted by molar-refractivity contribution is -0.130. The van der Waals surface area contributed by atoms with Crippen LogP contribution in [0, 0.1) is 17.8 Å². The summed E-state index contributed by atoms with van der Waals surface area (Å²) in [4.78, 5) is 26.7. The number of hydrogen-bond donors (Lipinski definition) is 1. The first-order chi connectivity index (χ1) is 12.7. The van der Waals surface area contributed by atoms with Crippen LogP contribution in [-0.4, -0.2) is 35.8 Å². The highest BCUT2D eigenvalue weighted by atomic mass is 16.2. The minimum atomic E-state index is -0.221. The summed E-state index contributed by atoms with van der Waals surface area (Å²) >= 11 is 0. The Labute approximate surface area is 155 Å². The van der Waals surface area contributed by atoms with Crippen LogP contribution in [0.2, 0.25) is 0 Å². The van der Waals surface area contributed by atoms with Crippen molar-refractivity contribution in [3.8, 4) is 0 Å². The van der Waals surface area contributed by atoms with Crippen LogP contribution in [0.3, 0.4) is 0 Å². The van der Waals surface area contributed by atoms with Crippen molar-refractivity contribution in [1.82, 2.24) is 10.2 Å². The van der Waals surface area contributed by atoms with Gasteiger partial charge in [-0.1, -0.05) is 49.2 Å². The molecule has 1 heterocycles. The third-order valence-corrected chi connectivity index (χ3v) is 6.61. The molecule has 4 heteroatoms. The maximum atomic E-state index is 12.9. The van der Waals surface area contributed by atoms with Gasteiger partial charge in [-0.15, -0.1) is 6.58 Å². The second kappa shape index (κ2) is 7.26. The van der Waals surface area contributed by atoms with Gasteiger partial charge in [0.25, 0.3) is 0 Å². The monoisotopic (exact) mass is 352 g/mol. The first-order valence-corrected chi connectivity index (χ1v) is 9.93. The number of nitrogens with one attached hydrogen (secondary N) is 1. The number of amides is 2. The highest BCUT2D eigenvalue weighted by molar-refractivity contribution is 5.89. The second-order valence-electron chi connectivity index (χ2n) is 8.07. The van der Waals surface area contributed by atoms with E-state index in [2.05, 4.69) is 36.2 Å². The number of fused-ring (bicyclic) bond motifs is 1. The summed E-state index contributed by atoms with van der Waals surface area (Å²) in [5, 5.41) is 3.35. The quantitative estimate of drug-likeness (QED) is 0.828. The van der Waals surface area contributed by atoms with Gasteiger partial charge in [-0.2, -0.15) is 0 Å². The molecular formula is C22H28N2O2. The Balaban J connectivity index is 1.46. The first kappa shape index (κ1) is 17.3. The Morgan fingerprint density at radius 1 is 1.19 bits per heavy atom. The van der Waals surface area contributed by atoms with Crippen LogP contribution in [0.1, 0.15) is 43.6 Å². The van der Waals surface area contributed by atoms with Crippen molar-refractivity contribution in [2.75, 3.05) is 13.1 Å². The molecule has 0 spiro atoms. The minimum absolute atomic E-state index is 0.0554. The van der Waals surface area contributed by atoms with Gasteiger partial charge >= 0.3 is 0 Å². The Morgan fingerprint density at radius 3 is 2.65 bits per heavy atom. The molecule has 0 bridgehead atoms. The summed E-state index contributed by atoms with van der Waals surface area (Å²) in [6, 6.07) is 10.8. The van der Waals surface area contributed by atoms with Crippen molar-refractivity contribution in [1.29, 1.82) is 0 Å². The molecule has 4 rings (SSSR count). The Kier molecular flexibility index (Phi) is 4.84. The van der Waals surface area contributed by atoms with E-state index in [1.165, 1.54) is 31.2 Å². The van der Waals surface area contributed by atoms with Crippen molar-refractivity contribution in [2.45, 2.75) is 44.1 Å². The Morgan fingerprint density at radius 2 is 1.92 bits per heavy atom. The van der Waals surface area contributed by atoms with E-state index < -0.39 is 0 Å². The summed E-state index contributed by atoms with van der Waals surface area (Å²) in [6.45, 7) is 4.75. The summed E-state index contributed by atoms with van der Waals surface area (Å²) in [7, 11) is 0. The van der Waals surface area contributed by atoms with Crippen LogP contribution in [0.25, 0.3) is 0 Å². The van der Waals surface area contributed by atoms with E-state index in [1.807, 2.05) is 6.07 Å². The fourth-order valence-corrected chi connectivity index (χ4v) is 5.36. The zero-order valence-corrected chi connectivity index (χ0v) is 15.3. The molecule has 1 N–H and O–H groups in total. The first-order valence-electron chi connectivity index (χ1n) is 9.93. The molecule has 1 aromatic rings. The zero-order chi connectivity index (χ0) is 18.1. The molecule has 2 aliphatic carbocycles. The Bertz CT molecular complexity index is 687. The normalized spacial score (nSPS) is 33.3. The highest BCUT2D eigenvalue weighted by Crippen LogP contribution is 2.54. The molecule has 4 nitrogen and oxygen atoms in total. The molecule has 26 heavy (non-hydrogen) atoms. The number of benzene rings is 1. The zero-order valence-electron chi connectivity index (χ0n) is 15.3. The Hall–Kier alpha value is -2.10. The summed E-state index contributed by atoms with van der Waals surface area (Å²) in [5.41, 5.74) is 1.34.